The van der Waals surface area contributed by atoms with Crippen LogP contribution in [0.2, 0.25) is 5.02 Å². The van der Waals surface area contributed by atoms with Crippen molar-refractivity contribution < 1.29 is 13.9 Å². The Hall–Kier alpha value is -2.07. The number of amides is 1. The van der Waals surface area contributed by atoms with Crippen molar-refractivity contribution >= 4 is 17.5 Å². The molecule has 1 atom stereocenters. The highest BCUT2D eigenvalue weighted by Crippen LogP contribution is 2.19. The predicted octanol–water partition coefficient (Wildman–Crippen LogP) is 4.00. The minimum atomic E-state index is -0.568. The van der Waals surface area contributed by atoms with E-state index in [1.54, 1.807) is 36.4 Å². The number of hydrogen-bond acceptors (Lipinski definition) is 2. The third-order valence-corrected chi connectivity index (χ3v) is 3.60. The van der Waals surface area contributed by atoms with Gasteiger partial charge in [0.1, 0.15) is 11.6 Å². The SMILES string of the molecule is CC[C@H](Oc1cccc(Cl)c1)C(=O)NCCc1ccc(F)cc1. The van der Waals surface area contributed by atoms with Crippen LogP contribution in [0.15, 0.2) is 48.5 Å². The van der Waals surface area contributed by atoms with Crippen LogP contribution in [0.25, 0.3) is 0 Å². The van der Waals surface area contributed by atoms with Crippen molar-refractivity contribution in [3.8, 4) is 5.75 Å². The molecule has 0 aliphatic heterocycles. The first-order chi connectivity index (χ1) is 11.1. The number of rotatable bonds is 7. The van der Waals surface area contributed by atoms with Gasteiger partial charge in [0.15, 0.2) is 6.10 Å². The van der Waals surface area contributed by atoms with Crippen molar-refractivity contribution in [2.75, 3.05) is 6.54 Å². The van der Waals surface area contributed by atoms with E-state index in [9.17, 15) is 9.18 Å². The summed E-state index contributed by atoms with van der Waals surface area (Å²) in [6.45, 7) is 2.36. The highest BCUT2D eigenvalue weighted by atomic mass is 35.5. The summed E-state index contributed by atoms with van der Waals surface area (Å²) in [5.41, 5.74) is 0.968. The summed E-state index contributed by atoms with van der Waals surface area (Å²) < 4.78 is 18.5. The van der Waals surface area contributed by atoms with E-state index in [0.717, 1.165) is 5.56 Å². The molecule has 0 fully saturated rings. The van der Waals surface area contributed by atoms with Gasteiger partial charge in [0.25, 0.3) is 5.91 Å². The molecule has 122 valence electrons. The Balaban J connectivity index is 1.83. The Morgan fingerprint density at radius 1 is 1.26 bits per heavy atom. The zero-order valence-corrected chi connectivity index (χ0v) is 13.6. The van der Waals surface area contributed by atoms with Gasteiger partial charge in [-0.1, -0.05) is 36.7 Å². The lowest BCUT2D eigenvalue weighted by Crippen LogP contribution is -2.38. The van der Waals surface area contributed by atoms with Crippen LogP contribution in [0.5, 0.6) is 5.75 Å². The minimum Gasteiger partial charge on any atom is -0.481 e. The lowest BCUT2D eigenvalue weighted by atomic mass is 10.1. The number of halogens is 2. The molecule has 0 spiro atoms. The Morgan fingerprint density at radius 2 is 2.00 bits per heavy atom. The summed E-state index contributed by atoms with van der Waals surface area (Å²) in [6.07, 6.45) is 0.621. The summed E-state index contributed by atoms with van der Waals surface area (Å²) >= 11 is 5.91. The third-order valence-electron chi connectivity index (χ3n) is 3.36. The highest BCUT2D eigenvalue weighted by Gasteiger charge is 2.17. The second-order valence-electron chi connectivity index (χ2n) is 5.14. The molecule has 1 amide bonds. The molecule has 0 radical (unpaired) electrons. The monoisotopic (exact) mass is 335 g/mol. The molecule has 2 aromatic carbocycles. The minimum absolute atomic E-state index is 0.172. The van der Waals surface area contributed by atoms with Crippen molar-refractivity contribution in [3.05, 3.63) is 64.9 Å². The molecular formula is C18H19ClFNO2. The highest BCUT2D eigenvalue weighted by molar-refractivity contribution is 6.30. The fraction of sp³-hybridized carbons (Fsp3) is 0.278. The van der Waals surface area contributed by atoms with Crippen molar-refractivity contribution in [2.45, 2.75) is 25.9 Å². The second-order valence-corrected chi connectivity index (χ2v) is 5.58. The standard InChI is InChI=1S/C18H19ClFNO2/c1-2-17(23-16-5-3-4-14(19)12-16)18(22)21-11-10-13-6-8-15(20)9-7-13/h3-9,12,17H,2,10-11H2,1H3,(H,21,22)/t17-/m0/s1. The average molecular weight is 336 g/mol. The van der Waals surface area contributed by atoms with Crippen LogP contribution in [-0.2, 0) is 11.2 Å². The van der Waals surface area contributed by atoms with E-state index in [2.05, 4.69) is 5.32 Å². The normalized spacial score (nSPS) is 11.8. The first-order valence-corrected chi connectivity index (χ1v) is 7.90. The molecule has 23 heavy (non-hydrogen) atoms. The van der Waals surface area contributed by atoms with Gasteiger partial charge in [0, 0.05) is 11.6 Å². The van der Waals surface area contributed by atoms with E-state index < -0.39 is 6.10 Å². The van der Waals surface area contributed by atoms with Gasteiger partial charge in [-0.25, -0.2) is 4.39 Å². The molecule has 0 aromatic heterocycles. The van der Waals surface area contributed by atoms with Crippen molar-refractivity contribution in [3.63, 3.8) is 0 Å². The third kappa shape index (κ3) is 5.57. The number of nitrogens with one attached hydrogen (secondary N) is 1. The summed E-state index contributed by atoms with van der Waals surface area (Å²) in [5, 5.41) is 3.40. The van der Waals surface area contributed by atoms with Crippen LogP contribution < -0.4 is 10.1 Å². The number of hydrogen-bond donors (Lipinski definition) is 1. The van der Waals surface area contributed by atoms with Crippen LogP contribution in [0.1, 0.15) is 18.9 Å². The maximum absolute atomic E-state index is 12.8. The van der Waals surface area contributed by atoms with E-state index >= 15 is 0 Å². The zero-order chi connectivity index (χ0) is 16.7. The molecule has 3 nitrogen and oxygen atoms in total. The Morgan fingerprint density at radius 3 is 2.65 bits per heavy atom. The summed E-state index contributed by atoms with van der Waals surface area (Å²) in [6, 6.07) is 13.2. The van der Waals surface area contributed by atoms with E-state index in [0.29, 0.717) is 30.2 Å². The average Bonchev–Trinajstić information content (AvgIpc) is 2.54. The summed E-state index contributed by atoms with van der Waals surface area (Å²) in [7, 11) is 0. The molecule has 0 aliphatic carbocycles. The first-order valence-electron chi connectivity index (χ1n) is 7.53. The van der Waals surface area contributed by atoms with Gasteiger partial charge >= 0.3 is 0 Å². The van der Waals surface area contributed by atoms with Crippen LogP contribution in [0.3, 0.4) is 0 Å². The number of carbonyl (C=O) groups excluding carboxylic acids is 1. The number of ether oxygens (including phenoxy) is 1. The number of benzene rings is 2. The molecule has 2 aromatic rings. The van der Waals surface area contributed by atoms with Crippen molar-refractivity contribution in [2.24, 2.45) is 0 Å². The molecule has 0 aliphatic rings. The molecule has 0 unspecified atom stereocenters. The Labute approximate surface area is 140 Å². The number of carbonyl (C=O) groups is 1. The van der Waals surface area contributed by atoms with E-state index in [-0.39, 0.29) is 11.7 Å². The Kier molecular flexibility index (Phi) is 6.41. The van der Waals surface area contributed by atoms with Gasteiger partial charge in [-0.15, -0.1) is 0 Å². The maximum atomic E-state index is 12.8. The predicted molar refractivity (Wildman–Crippen MR) is 89.3 cm³/mol. The fourth-order valence-corrected chi connectivity index (χ4v) is 2.30. The smallest absolute Gasteiger partial charge is 0.261 e. The van der Waals surface area contributed by atoms with E-state index in [4.69, 9.17) is 16.3 Å². The second kappa shape index (κ2) is 8.53. The molecule has 1 N–H and O–H groups in total. The van der Waals surface area contributed by atoms with Crippen LogP contribution >= 0.6 is 11.6 Å². The van der Waals surface area contributed by atoms with Crippen LogP contribution in [0.4, 0.5) is 4.39 Å². The fourth-order valence-electron chi connectivity index (χ4n) is 2.12. The molecule has 0 heterocycles. The lowest BCUT2D eigenvalue weighted by molar-refractivity contribution is -0.128. The van der Waals surface area contributed by atoms with Gasteiger partial charge in [0.2, 0.25) is 0 Å². The molecule has 0 saturated carbocycles. The molecule has 0 bridgehead atoms. The van der Waals surface area contributed by atoms with Gasteiger partial charge in [-0.05, 0) is 48.7 Å². The molecular weight excluding hydrogens is 317 g/mol. The molecule has 0 saturated heterocycles. The van der Waals surface area contributed by atoms with Crippen LogP contribution in [0, 0.1) is 5.82 Å². The maximum Gasteiger partial charge on any atom is 0.261 e. The molecule has 2 rings (SSSR count). The van der Waals surface area contributed by atoms with Crippen molar-refractivity contribution in [1.82, 2.24) is 5.32 Å². The zero-order valence-electron chi connectivity index (χ0n) is 12.9. The first kappa shape index (κ1) is 17.3. The quantitative estimate of drug-likeness (QED) is 0.830. The van der Waals surface area contributed by atoms with Crippen molar-refractivity contribution in [1.29, 1.82) is 0 Å². The van der Waals surface area contributed by atoms with Gasteiger partial charge in [-0.2, -0.15) is 0 Å². The van der Waals surface area contributed by atoms with E-state index in [1.807, 2.05) is 6.92 Å². The largest absolute Gasteiger partial charge is 0.481 e. The van der Waals surface area contributed by atoms with Gasteiger partial charge in [-0.3, -0.25) is 4.79 Å². The van der Waals surface area contributed by atoms with Crippen LogP contribution in [-0.4, -0.2) is 18.6 Å². The van der Waals surface area contributed by atoms with Gasteiger partial charge in [0.05, 0.1) is 0 Å². The van der Waals surface area contributed by atoms with Gasteiger partial charge < -0.3 is 10.1 Å². The summed E-state index contributed by atoms with van der Waals surface area (Å²) in [4.78, 5) is 12.2. The van der Waals surface area contributed by atoms with E-state index in [1.165, 1.54) is 12.1 Å². The topological polar surface area (TPSA) is 38.3 Å². The summed E-state index contributed by atoms with van der Waals surface area (Å²) in [5.74, 6) is 0.131. The molecule has 5 heteroatoms. The Bertz CT molecular complexity index is 646. The lowest BCUT2D eigenvalue weighted by Gasteiger charge is -2.17.